The predicted molar refractivity (Wildman–Crippen MR) is 117 cm³/mol. The van der Waals surface area contributed by atoms with Crippen molar-refractivity contribution in [1.29, 1.82) is 5.26 Å². The summed E-state index contributed by atoms with van der Waals surface area (Å²) in [6.45, 7) is 6.37. The first-order valence-electron chi connectivity index (χ1n) is 10.5. The number of nitrogens with zero attached hydrogens (tertiary/aromatic N) is 3. The van der Waals surface area contributed by atoms with Crippen molar-refractivity contribution in [2.45, 2.75) is 26.3 Å². The van der Waals surface area contributed by atoms with E-state index >= 15 is 0 Å². The van der Waals surface area contributed by atoms with Crippen LogP contribution in [-0.4, -0.2) is 37.1 Å². The largest absolute Gasteiger partial charge is 0.459 e. The van der Waals surface area contributed by atoms with Crippen molar-refractivity contribution in [2.24, 2.45) is 0 Å². The fourth-order valence-electron chi connectivity index (χ4n) is 4.17. The van der Waals surface area contributed by atoms with Crippen LogP contribution in [0.5, 0.6) is 0 Å². The van der Waals surface area contributed by atoms with Crippen LogP contribution in [0.1, 0.15) is 36.3 Å². The molecule has 6 nitrogen and oxygen atoms in total. The first-order valence-corrected chi connectivity index (χ1v) is 10.5. The summed E-state index contributed by atoms with van der Waals surface area (Å²) >= 11 is 0. The number of nitrogens with one attached hydrogen (secondary N) is 1. The quantitative estimate of drug-likeness (QED) is 0.665. The molecule has 1 aromatic heterocycles. The van der Waals surface area contributed by atoms with Gasteiger partial charge in [0.15, 0.2) is 0 Å². The van der Waals surface area contributed by atoms with Crippen LogP contribution in [0, 0.1) is 24.1 Å². The van der Waals surface area contributed by atoms with E-state index in [2.05, 4.69) is 16.3 Å². The van der Waals surface area contributed by atoms with Gasteiger partial charge in [0.25, 0.3) is 0 Å². The van der Waals surface area contributed by atoms with E-state index in [4.69, 9.17) is 4.42 Å². The highest BCUT2D eigenvalue weighted by Crippen LogP contribution is 2.30. The van der Waals surface area contributed by atoms with E-state index in [-0.39, 0.29) is 17.9 Å². The lowest BCUT2D eigenvalue weighted by molar-refractivity contribution is 0.196. The Labute approximate surface area is 180 Å². The van der Waals surface area contributed by atoms with Crippen LogP contribution in [0.15, 0.2) is 46.9 Å². The van der Waals surface area contributed by atoms with E-state index < -0.39 is 0 Å². The molecule has 1 aliphatic heterocycles. The molecule has 2 heterocycles. The minimum atomic E-state index is -0.346. The number of carbonyl (C=O) groups is 1. The maximum Gasteiger partial charge on any atom is 0.318 e. The molecule has 0 bridgehead atoms. The van der Waals surface area contributed by atoms with E-state index in [1.54, 1.807) is 11.0 Å². The summed E-state index contributed by atoms with van der Waals surface area (Å²) in [5, 5.41) is 13.1. The summed E-state index contributed by atoms with van der Waals surface area (Å²) in [6.07, 6.45) is 0.810. The molecule has 0 spiro atoms. The number of amides is 2. The van der Waals surface area contributed by atoms with Crippen molar-refractivity contribution in [3.8, 4) is 6.07 Å². The van der Waals surface area contributed by atoms with Crippen molar-refractivity contribution in [2.75, 3.05) is 31.1 Å². The van der Waals surface area contributed by atoms with Gasteiger partial charge in [0.2, 0.25) is 0 Å². The predicted octanol–water partition coefficient (Wildman–Crippen LogP) is 4.73. The molecule has 1 unspecified atom stereocenters. The van der Waals surface area contributed by atoms with Crippen LogP contribution in [0.25, 0.3) is 11.0 Å². The number of hydrogen-bond acceptors (Lipinski definition) is 4. The number of aryl methyl sites for hydroxylation is 1. The number of furan rings is 1. The van der Waals surface area contributed by atoms with Crippen LogP contribution in [0.3, 0.4) is 0 Å². The molecule has 0 aliphatic carbocycles. The van der Waals surface area contributed by atoms with Gasteiger partial charge in [-0.2, -0.15) is 5.26 Å². The Morgan fingerprint density at radius 3 is 2.81 bits per heavy atom. The van der Waals surface area contributed by atoms with E-state index in [9.17, 15) is 14.4 Å². The highest BCUT2D eigenvalue weighted by atomic mass is 19.1. The monoisotopic (exact) mass is 420 g/mol. The second-order valence-corrected chi connectivity index (χ2v) is 7.86. The molecule has 31 heavy (non-hydrogen) atoms. The van der Waals surface area contributed by atoms with E-state index in [0.29, 0.717) is 36.5 Å². The number of para-hydroxylation sites is 1. The Bertz CT molecular complexity index is 1150. The molecular formula is C24H25FN4O2. The molecule has 4 rings (SSSR count). The van der Waals surface area contributed by atoms with Crippen molar-refractivity contribution >= 4 is 22.7 Å². The van der Waals surface area contributed by atoms with Crippen molar-refractivity contribution < 1.29 is 13.6 Å². The topological polar surface area (TPSA) is 72.5 Å². The molecule has 1 aliphatic rings. The number of rotatable bonds is 3. The van der Waals surface area contributed by atoms with Gasteiger partial charge in [-0.05, 0) is 50.6 Å². The second kappa shape index (κ2) is 8.68. The van der Waals surface area contributed by atoms with E-state index in [0.717, 1.165) is 29.6 Å². The summed E-state index contributed by atoms with van der Waals surface area (Å²) in [5.74, 6) is 0.320. The number of fused-ring (bicyclic) bond motifs is 1. The lowest BCUT2D eigenvalue weighted by Crippen LogP contribution is -2.43. The summed E-state index contributed by atoms with van der Waals surface area (Å²) in [4.78, 5) is 16.9. The van der Waals surface area contributed by atoms with Gasteiger partial charge in [0.05, 0.1) is 17.3 Å². The van der Waals surface area contributed by atoms with Gasteiger partial charge in [-0.25, -0.2) is 9.18 Å². The number of anilines is 1. The molecular weight excluding hydrogens is 395 g/mol. The summed E-state index contributed by atoms with van der Waals surface area (Å²) in [6, 6.07) is 13.7. The van der Waals surface area contributed by atoms with Crippen molar-refractivity contribution in [1.82, 2.24) is 10.2 Å². The number of benzene rings is 2. The first-order chi connectivity index (χ1) is 15.0. The van der Waals surface area contributed by atoms with Crippen LogP contribution in [0.2, 0.25) is 0 Å². The zero-order valence-corrected chi connectivity index (χ0v) is 17.7. The number of halogens is 1. The van der Waals surface area contributed by atoms with Crippen LogP contribution < -0.4 is 10.2 Å². The number of carbonyl (C=O) groups excluding carboxylic acids is 1. The Hall–Kier alpha value is -3.53. The van der Waals surface area contributed by atoms with E-state index in [1.807, 2.05) is 38.1 Å². The van der Waals surface area contributed by atoms with Gasteiger partial charge in [-0.1, -0.05) is 12.1 Å². The van der Waals surface area contributed by atoms with E-state index in [1.165, 1.54) is 12.1 Å². The average Bonchev–Trinajstić information content (AvgIpc) is 2.94. The summed E-state index contributed by atoms with van der Waals surface area (Å²) in [7, 11) is 0. The smallest absolute Gasteiger partial charge is 0.318 e. The van der Waals surface area contributed by atoms with Crippen molar-refractivity contribution in [3.63, 3.8) is 0 Å². The molecule has 7 heteroatoms. The summed E-state index contributed by atoms with van der Waals surface area (Å²) in [5.41, 5.74) is 2.99. The zero-order chi connectivity index (χ0) is 22.0. The Morgan fingerprint density at radius 2 is 2.00 bits per heavy atom. The molecule has 2 aromatic carbocycles. The molecule has 1 fully saturated rings. The normalized spacial score (nSPS) is 15.4. The van der Waals surface area contributed by atoms with Gasteiger partial charge in [0, 0.05) is 37.1 Å². The Kier molecular flexibility index (Phi) is 5.81. The third kappa shape index (κ3) is 4.19. The maximum atomic E-state index is 13.6. The van der Waals surface area contributed by atoms with Gasteiger partial charge in [-0.3, -0.25) is 0 Å². The summed E-state index contributed by atoms with van der Waals surface area (Å²) < 4.78 is 19.5. The maximum absolute atomic E-state index is 13.6. The Morgan fingerprint density at radius 1 is 1.19 bits per heavy atom. The molecule has 1 atom stereocenters. The van der Waals surface area contributed by atoms with Crippen LogP contribution in [-0.2, 0) is 0 Å². The SMILES string of the molecule is Cc1c(C(C)NC(=O)N2CCCN(c3ccccc3C#N)CC2)oc2ccc(F)cc12. The highest BCUT2D eigenvalue weighted by molar-refractivity contribution is 5.82. The minimum Gasteiger partial charge on any atom is -0.459 e. The Balaban J connectivity index is 1.43. The standard InChI is InChI=1S/C24H25FN4O2/c1-16-20-14-19(25)8-9-22(20)31-23(16)17(2)27-24(30)29-11-5-10-28(12-13-29)21-7-4-3-6-18(21)15-26/h3-4,6-9,14,17H,5,10-13H2,1-2H3,(H,27,30). The van der Waals surface area contributed by atoms with Crippen LogP contribution >= 0.6 is 0 Å². The van der Waals surface area contributed by atoms with Crippen molar-refractivity contribution in [3.05, 3.63) is 65.2 Å². The van der Waals surface area contributed by atoms with Crippen LogP contribution in [0.4, 0.5) is 14.9 Å². The lowest BCUT2D eigenvalue weighted by Gasteiger charge is -2.25. The second-order valence-electron chi connectivity index (χ2n) is 7.86. The number of urea groups is 1. The van der Waals surface area contributed by atoms with Gasteiger partial charge >= 0.3 is 6.03 Å². The average molecular weight is 420 g/mol. The molecule has 0 radical (unpaired) electrons. The number of nitriles is 1. The first kappa shape index (κ1) is 20.7. The molecule has 1 N–H and O–H groups in total. The number of hydrogen-bond donors (Lipinski definition) is 1. The molecule has 160 valence electrons. The van der Waals surface area contributed by atoms with Gasteiger partial charge in [0.1, 0.15) is 23.2 Å². The lowest BCUT2D eigenvalue weighted by atomic mass is 10.1. The fraction of sp³-hybridized carbons (Fsp3) is 0.333. The highest BCUT2D eigenvalue weighted by Gasteiger charge is 2.24. The third-order valence-corrected chi connectivity index (χ3v) is 5.82. The third-order valence-electron chi connectivity index (χ3n) is 5.82. The minimum absolute atomic E-state index is 0.158. The molecule has 3 aromatic rings. The van der Waals surface area contributed by atoms with Gasteiger partial charge in [-0.15, -0.1) is 0 Å². The van der Waals surface area contributed by atoms with Gasteiger partial charge < -0.3 is 19.5 Å². The molecule has 2 amide bonds. The fourth-order valence-corrected chi connectivity index (χ4v) is 4.17. The molecule has 0 saturated carbocycles. The molecule has 1 saturated heterocycles. The zero-order valence-electron chi connectivity index (χ0n) is 17.7.